The van der Waals surface area contributed by atoms with Crippen LogP contribution in [0.15, 0.2) is 12.1 Å². The van der Waals surface area contributed by atoms with Gasteiger partial charge in [0.25, 0.3) is 0 Å². The number of fused-ring (bicyclic) bond motifs is 1. The normalized spacial score (nSPS) is 11.0. The van der Waals surface area contributed by atoms with E-state index in [4.69, 9.17) is 9.47 Å². The molecule has 6 nitrogen and oxygen atoms in total. The molecule has 7 heteroatoms. The summed E-state index contributed by atoms with van der Waals surface area (Å²) in [7, 11) is 0. The van der Waals surface area contributed by atoms with E-state index in [1.807, 2.05) is 19.9 Å². The second-order valence-corrected chi connectivity index (χ2v) is 5.65. The zero-order valence-corrected chi connectivity index (χ0v) is 12.9. The second-order valence-electron chi connectivity index (χ2n) is 4.88. The van der Waals surface area contributed by atoms with Gasteiger partial charge in [0, 0.05) is 12.6 Å². The number of rotatable bonds is 8. The maximum Gasteiger partial charge on any atom is 0.319 e. The maximum atomic E-state index is 11.4. The Bertz CT molecular complexity index is 586. The van der Waals surface area contributed by atoms with Crippen molar-refractivity contribution in [3.05, 3.63) is 17.6 Å². The molecule has 1 N–H and O–H groups in total. The van der Waals surface area contributed by atoms with E-state index in [1.54, 1.807) is 6.07 Å². The van der Waals surface area contributed by atoms with Crippen molar-refractivity contribution in [2.45, 2.75) is 13.8 Å². The fraction of sp³-hybridized carbons (Fsp3) is 0.500. The van der Waals surface area contributed by atoms with E-state index in [-0.39, 0.29) is 12.5 Å². The van der Waals surface area contributed by atoms with Crippen LogP contribution in [0.2, 0.25) is 0 Å². The third-order valence-corrected chi connectivity index (χ3v) is 3.18. The fourth-order valence-corrected chi connectivity index (χ4v) is 2.09. The molecule has 0 spiro atoms. The lowest BCUT2D eigenvalue weighted by molar-refractivity contribution is -0.143. The Morgan fingerprint density at radius 1 is 1.48 bits per heavy atom. The van der Waals surface area contributed by atoms with Gasteiger partial charge in [0.15, 0.2) is 5.51 Å². The predicted molar refractivity (Wildman–Crippen MR) is 80.4 cm³/mol. The van der Waals surface area contributed by atoms with Gasteiger partial charge in [-0.25, -0.2) is 9.97 Å². The van der Waals surface area contributed by atoms with Gasteiger partial charge in [0.05, 0.1) is 13.2 Å². The number of carbonyl (C=O) groups excluding carboxylic acids is 1. The van der Waals surface area contributed by atoms with Crippen molar-refractivity contribution in [2.24, 2.45) is 5.92 Å². The summed E-state index contributed by atoms with van der Waals surface area (Å²) in [6.07, 6.45) is 0. The van der Waals surface area contributed by atoms with Gasteiger partial charge in [0.2, 0.25) is 5.88 Å². The highest BCUT2D eigenvalue weighted by Crippen LogP contribution is 2.18. The number of nitrogens with zero attached hydrogens (tertiary/aromatic N) is 2. The first-order valence-corrected chi connectivity index (χ1v) is 7.59. The summed E-state index contributed by atoms with van der Waals surface area (Å²) in [6, 6.07) is 3.62. The molecule has 0 fully saturated rings. The average molecular weight is 308 g/mol. The number of hydrogen-bond acceptors (Lipinski definition) is 7. The summed E-state index contributed by atoms with van der Waals surface area (Å²) in [4.78, 5) is 20.5. The molecule has 0 amide bonds. The Labute approximate surface area is 127 Å². The number of aromatic nitrogens is 2. The highest BCUT2D eigenvalue weighted by molar-refractivity contribution is 7.15. The molecule has 0 saturated heterocycles. The molecule has 1 radical (unpaired) electrons. The number of pyridine rings is 1. The van der Waals surface area contributed by atoms with Crippen molar-refractivity contribution in [3.63, 3.8) is 0 Å². The second kappa shape index (κ2) is 7.90. The molecule has 0 bridgehead atoms. The molecule has 2 rings (SSSR count). The molecule has 21 heavy (non-hydrogen) atoms. The van der Waals surface area contributed by atoms with Crippen molar-refractivity contribution in [1.29, 1.82) is 0 Å². The van der Waals surface area contributed by atoms with E-state index in [2.05, 4.69) is 20.8 Å². The van der Waals surface area contributed by atoms with Gasteiger partial charge in [-0.2, -0.15) is 0 Å². The molecule has 2 aromatic heterocycles. The summed E-state index contributed by atoms with van der Waals surface area (Å²) in [5.41, 5.74) is 3.60. The van der Waals surface area contributed by atoms with Crippen molar-refractivity contribution >= 4 is 27.7 Å². The molecule has 0 aromatic carbocycles. The summed E-state index contributed by atoms with van der Waals surface area (Å²) < 4.78 is 10.5. The number of thiazole rings is 1. The zero-order valence-electron chi connectivity index (χ0n) is 12.1. The average Bonchev–Trinajstić information content (AvgIpc) is 2.92. The van der Waals surface area contributed by atoms with Crippen molar-refractivity contribution < 1.29 is 14.3 Å². The third-order valence-electron chi connectivity index (χ3n) is 2.50. The van der Waals surface area contributed by atoms with Crippen LogP contribution in [0, 0.1) is 11.4 Å². The predicted octanol–water partition coefficient (Wildman–Crippen LogP) is 1.66. The number of hydrogen-bond donors (Lipinski definition) is 1. The first-order valence-electron chi connectivity index (χ1n) is 6.78. The number of carbonyl (C=O) groups is 1. The maximum absolute atomic E-state index is 11.4. The quantitative estimate of drug-likeness (QED) is 0.590. The lowest BCUT2D eigenvalue weighted by Gasteiger charge is -2.08. The van der Waals surface area contributed by atoms with E-state index in [1.165, 1.54) is 11.3 Å². The molecule has 2 heterocycles. The highest BCUT2D eigenvalue weighted by Gasteiger charge is 2.04. The molecule has 0 saturated carbocycles. The van der Waals surface area contributed by atoms with Crippen LogP contribution in [0.3, 0.4) is 0 Å². The van der Waals surface area contributed by atoms with Gasteiger partial charge in [-0.1, -0.05) is 25.2 Å². The summed E-state index contributed by atoms with van der Waals surface area (Å²) in [5, 5.41) is 2.97. The number of ether oxygens (including phenoxy) is 2. The largest absolute Gasteiger partial charge is 0.476 e. The first-order chi connectivity index (χ1) is 10.1. The zero-order chi connectivity index (χ0) is 15.1. The number of esters is 1. The van der Waals surface area contributed by atoms with Crippen LogP contribution in [0.25, 0.3) is 10.3 Å². The van der Waals surface area contributed by atoms with Gasteiger partial charge in [-0.3, -0.25) is 4.79 Å². The summed E-state index contributed by atoms with van der Waals surface area (Å²) >= 11 is 1.35. The van der Waals surface area contributed by atoms with Crippen molar-refractivity contribution in [1.82, 2.24) is 15.3 Å². The van der Waals surface area contributed by atoms with Crippen LogP contribution in [-0.4, -0.2) is 42.2 Å². The first kappa shape index (κ1) is 15.7. The molecular formula is C14H18N3O3S. The lowest BCUT2D eigenvalue weighted by Crippen LogP contribution is -2.29. The van der Waals surface area contributed by atoms with Crippen LogP contribution in [0.5, 0.6) is 5.88 Å². The van der Waals surface area contributed by atoms with E-state index in [0.29, 0.717) is 31.6 Å². The van der Waals surface area contributed by atoms with E-state index in [0.717, 1.165) is 10.3 Å². The molecule has 0 atom stereocenters. The Balaban J connectivity index is 1.62. The Hall–Kier alpha value is -1.73. The SMILES string of the molecule is CC(C)COC(=O)CNCCOc1ccc2n[c]sc2n1. The van der Waals surface area contributed by atoms with Gasteiger partial charge < -0.3 is 14.8 Å². The fourth-order valence-electron chi connectivity index (χ4n) is 1.50. The van der Waals surface area contributed by atoms with Crippen LogP contribution in [0.1, 0.15) is 13.8 Å². The minimum absolute atomic E-state index is 0.187. The van der Waals surface area contributed by atoms with E-state index >= 15 is 0 Å². The van der Waals surface area contributed by atoms with E-state index < -0.39 is 0 Å². The van der Waals surface area contributed by atoms with Gasteiger partial charge in [0.1, 0.15) is 17.0 Å². The Morgan fingerprint density at radius 3 is 3.14 bits per heavy atom. The van der Waals surface area contributed by atoms with Gasteiger partial charge >= 0.3 is 5.97 Å². The third kappa shape index (κ3) is 5.28. The van der Waals surface area contributed by atoms with Crippen LogP contribution < -0.4 is 10.1 Å². The topological polar surface area (TPSA) is 73.3 Å². The van der Waals surface area contributed by atoms with Crippen LogP contribution in [0.4, 0.5) is 0 Å². The van der Waals surface area contributed by atoms with Gasteiger partial charge in [-0.05, 0) is 12.0 Å². The highest BCUT2D eigenvalue weighted by atomic mass is 32.1. The Kier molecular flexibility index (Phi) is 5.89. The van der Waals surface area contributed by atoms with Crippen LogP contribution in [-0.2, 0) is 9.53 Å². The molecule has 2 aromatic rings. The molecule has 0 aliphatic heterocycles. The summed E-state index contributed by atoms with van der Waals surface area (Å²) in [5.74, 6) is 0.648. The smallest absolute Gasteiger partial charge is 0.319 e. The molecule has 0 aliphatic rings. The van der Waals surface area contributed by atoms with E-state index in [9.17, 15) is 4.79 Å². The number of nitrogens with one attached hydrogen (secondary N) is 1. The molecule has 0 aliphatic carbocycles. The standard InChI is InChI=1S/C14H18N3O3S/c1-10(2)8-20-13(18)7-15-5-6-19-12-4-3-11-14(17-12)21-9-16-11/h3-4,10,15H,5-8H2,1-2H3. The summed E-state index contributed by atoms with van der Waals surface area (Å²) in [6.45, 7) is 5.61. The molecule has 113 valence electrons. The monoisotopic (exact) mass is 308 g/mol. The molecule has 0 unspecified atom stereocenters. The molecular weight excluding hydrogens is 290 g/mol. The van der Waals surface area contributed by atoms with Crippen molar-refractivity contribution in [3.8, 4) is 5.88 Å². The van der Waals surface area contributed by atoms with Gasteiger partial charge in [-0.15, -0.1) is 0 Å². The Morgan fingerprint density at radius 2 is 2.33 bits per heavy atom. The minimum atomic E-state index is -0.247. The lowest BCUT2D eigenvalue weighted by atomic mass is 10.2. The minimum Gasteiger partial charge on any atom is -0.476 e. The van der Waals surface area contributed by atoms with Crippen LogP contribution >= 0.6 is 11.3 Å². The van der Waals surface area contributed by atoms with Crippen molar-refractivity contribution in [2.75, 3.05) is 26.3 Å².